The summed E-state index contributed by atoms with van der Waals surface area (Å²) in [7, 11) is 1.46. The van der Waals surface area contributed by atoms with Gasteiger partial charge in [-0.1, -0.05) is 0 Å². The van der Waals surface area contributed by atoms with Gasteiger partial charge in [0.1, 0.15) is 5.69 Å². The Morgan fingerprint density at radius 3 is 2.38 bits per heavy atom. The van der Waals surface area contributed by atoms with Crippen molar-refractivity contribution in [1.29, 1.82) is 0 Å². The van der Waals surface area contributed by atoms with Crippen molar-refractivity contribution in [1.82, 2.24) is 9.78 Å². The number of carbonyl (C=O) groups is 1. The monoisotopic (exact) mass is 192 g/mol. The van der Waals surface area contributed by atoms with Crippen LogP contribution in [0.15, 0.2) is 6.20 Å². The van der Waals surface area contributed by atoms with Crippen LogP contribution in [0.2, 0.25) is 0 Å². The molecule has 0 spiro atoms. The molecule has 6 heteroatoms. The Hall–Kier alpha value is -1.33. The van der Waals surface area contributed by atoms with Crippen LogP contribution in [0.1, 0.15) is 16.1 Å². The molecule has 0 atom stereocenters. The number of Topliss-reactive ketones (excluding diaryl/α,β-unsaturated/α-hetero) is 1. The molecule has 0 amide bonds. The quantitative estimate of drug-likeness (QED) is 0.631. The molecule has 0 radical (unpaired) electrons. The molecule has 0 aliphatic carbocycles. The van der Waals surface area contributed by atoms with E-state index >= 15 is 0 Å². The van der Waals surface area contributed by atoms with Crippen molar-refractivity contribution in [2.24, 2.45) is 7.05 Å². The maximum atomic E-state index is 11.9. The van der Waals surface area contributed by atoms with Gasteiger partial charge in [-0.2, -0.15) is 18.3 Å². The van der Waals surface area contributed by atoms with E-state index in [0.717, 1.165) is 0 Å². The van der Waals surface area contributed by atoms with E-state index in [1.807, 2.05) is 0 Å². The van der Waals surface area contributed by atoms with E-state index in [9.17, 15) is 18.0 Å². The number of alkyl halides is 3. The highest BCUT2D eigenvalue weighted by atomic mass is 19.4. The largest absolute Gasteiger partial charge is 0.456 e. The second-order valence-electron chi connectivity index (χ2n) is 2.66. The molecule has 13 heavy (non-hydrogen) atoms. The van der Waals surface area contributed by atoms with E-state index in [1.54, 1.807) is 0 Å². The van der Waals surface area contributed by atoms with Gasteiger partial charge in [0.2, 0.25) is 0 Å². The summed E-state index contributed by atoms with van der Waals surface area (Å²) >= 11 is 0. The number of hydrogen-bond donors (Lipinski definition) is 0. The lowest BCUT2D eigenvalue weighted by molar-refractivity contribution is -0.0889. The molecule has 72 valence electrons. The van der Waals surface area contributed by atoms with Gasteiger partial charge in [0.15, 0.2) is 0 Å². The Balaban J connectivity index is 3.09. The summed E-state index contributed by atoms with van der Waals surface area (Å²) in [5.74, 6) is -1.90. The van der Waals surface area contributed by atoms with Crippen LogP contribution in [0.3, 0.4) is 0 Å². The van der Waals surface area contributed by atoms with Crippen LogP contribution in [0.4, 0.5) is 13.2 Å². The molecule has 0 aromatic carbocycles. The molecular formula is C7H7F3N2O. The summed E-state index contributed by atoms with van der Waals surface area (Å²) in [6.07, 6.45) is -3.49. The fourth-order valence-electron chi connectivity index (χ4n) is 0.966. The third-order valence-corrected chi connectivity index (χ3v) is 1.48. The number of aryl methyl sites for hydroxylation is 2. The molecule has 1 heterocycles. The number of carbonyl (C=O) groups excluding carboxylic acids is 1. The molecule has 1 aromatic heterocycles. The SMILES string of the molecule is Cc1cn(C)nc1C(=O)C(F)(F)F. The van der Waals surface area contributed by atoms with Crippen LogP contribution >= 0.6 is 0 Å². The van der Waals surface area contributed by atoms with E-state index in [2.05, 4.69) is 5.10 Å². The summed E-state index contributed by atoms with van der Waals surface area (Å²) in [4.78, 5) is 10.7. The Bertz CT molecular complexity index is 340. The first kappa shape index (κ1) is 9.76. The topological polar surface area (TPSA) is 34.9 Å². The molecule has 3 nitrogen and oxygen atoms in total. The zero-order valence-corrected chi connectivity index (χ0v) is 7.01. The van der Waals surface area contributed by atoms with Crippen molar-refractivity contribution < 1.29 is 18.0 Å². The predicted octanol–water partition coefficient (Wildman–Crippen LogP) is 1.47. The number of rotatable bonds is 1. The molecule has 0 saturated carbocycles. The van der Waals surface area contributed by atoms with Crippen molar-refractivity contribution in [3.05, 3.63) is 17.5 Å². The van der Waals surface area contributed by atoms with Crippen molar-refractivity contribution >= 4 is 5.78 Å². The molecular weight excluding hydrogens is 185 g/mol. The summed E-state index contributed by atoms with van der Waals surface area (Å²) < 4.78 is 37.0. The number of hydrogen-bond acceptors (Lipinski definition) is 2. The molecule has 0 aliphatic rings. The minimum absolute atomic E-state index is 0.227. The lowest BCUT2D eigenvalue weighted by Gasteiger charge is -2.01. The second-order valence-corrected chi connectivity index (χ2v) is 2.66. The first-order valence-corrected chi connectivity index (χ1v) is 3.44. The van der Waals surface area contributed by atoms with Gasteiger partial charge < -0.3 is 0 Å². The normalized spacial score (nSPS) is 11.8. The molecule has 1 aromatic rings. The predicted molar refractivity (Wildman–Crippen MR) is 38.3 cm³/mol. The Morgan fingerprint density at radius 2 is 2.08 bits per heavy atom. The maximum absolute atomic E-state index is 11.9. The van der Waals surface area contributed by atoms with Gasteiger partial charge in [0, 0.05) is 13.2 Å². The van der Waals surface area contributed by atoms with E-state index in [-0.39, 0.29) is 5.56 Å². The van der Waals surface area contributed by atoms with E-state index in [0.29, 0.717) is 0 Å². The summed E-state index contributed by atoms with van der Waals surface area (Å²) in [6, 6.07) is 0. The van der Waals surface area contributed by atoms with Crippen LogP contribution in [0.5, 0.6) is 0 Å². The summed E-state index contributed by atoms with van der Waals surface area (Å²) in [5.41, 5.74) is -0.306. The van der Waals surface area contributed by atoms with E-state index < -0.39 is 17.7 Å². The van der Waals surface area contributed by atoms with Gasteiger partial charge >= 0.3 is 6.18 Å². The summed E-state index contributed by atoms with van der Waals surface area (Å²) in [6.45, 7) is 1.41. The molecule has 0 N–H and O–H groups in total. The highest BCUT2D eigenvalue weighted by Crippen LogP contribution is 2.21. The van der Waals surface area contributed by atoms with Crippen LogP contribution in [-0.4, -0.2) is 21.7 Å². The second kappa shape index (κ2) is 2.86. The van der Waals surface area contributed by atoms with Crippen molar-refractivity contribution in [3.8, 4) is 0 Å². The average molecular weight is 192 g/mol. The number of halogens is 3. The highest BCUT2D eigenvalue weighted by Gasteiger charge is 2.41. The highest BCUT2D eigenvalue weighted by molar-refractivity contribution is 5.99. The Labute approximate surface area is 72.2 Å². The number of ketones is 1. The lowest BCUT2D eigenvalue weighted by Crippen LogP contribution is -2.24. The van der Waals surface area contributed by atoms with Gasteiger partial charge in [0.05, 0.1) is 0 Å². The van der Waals surface area contributed by atoms with Gasteiger partial charge in [-0.05, 0) is 12.5 Å². The summed E-state index contributed by atoms with van der Waals surface area (Å²) in [5, 5.41) is 3.42. The lowest BCUT2D eigenvalue weighted by atomic mass is 10.2. The Morgan fingerprint density at radius 1 is 1.54 bits per heavy atom. The Kier molecular flexibility index (Phi) is 2.15. The molecule has 1 rings (SSSR count). The number of aromatic nitrogens is 2. The van der Waals surface area contributed by atoms with E-state index in [1.165, 1.54) is 24.9 Å². The number of nitrogens with zero attached hydrogens (tertiary/aromatic N) is 2. The smallest absolute Gasteiger partial charge is 0.282 e. The van der Waals surface area contributed by atoms with Gasteiger partial charge in [-0.25, -0.2) is 0 Å². The molecule has 0 unspecified atom stereocenters. The fourth-order valence-corrected chi connectivity index (χ4v) is 0.966. The standard InChI is InChI=1S/C7H7F3N2O/c1-4-3-12(2)11-5(4)6(13)7(8,9)10/h3H,1-2H3. The molecule has 0 aliphatic heterocycles. The third kappa shape index (κ3) is 1.88. The van der Waals surface area contributed by atoms with Crippen molar-refractivity contribution in [3.63, 3.8) is 0 Å². The zero-order chi connectivity index (χ0) is 10.2. The maximum Gasteiger partial charge on any atom is 0.456 e. The third-order valence-electron chi connectivity index (χ3n) is 1.48. The van der Waals surface area contributed by atoms with Crippen molar-refractivity contribution in [2.75, 3.05) is 0 Å². The van der Waals surface area contributed by atoms with Crippen molar-refractivity contribution in [2.45, 2.75) is 13.1 Å². The van der Waals surface area contributed by atoms with Crippen LogP contribution in [0, 0.1) is 6.92 Å². The van der Waals surface area contributed by atoms with Gasteiger partial charge in [-0.3, -0.25) is 9.48 Å². The van der Waals surface area contributed by atoms with Crippen LogP contribution in [-0.2, 0) is 7.05 Å². The van der Waals surface area contributed by atoms with Gasteiger partial charge in [0.25, 0.3) is 5.78 Å². The van der Waals surface area contributed by atoms with Gasteiger partial charge in [-0.15, -0.1) is 0 Å². The van der Waals surface area contributed by atoms with Crippen LogP contribution < -0.4 is 0 Å². The molecule has 0 bridgehead atoms. The minimum Gasteiger partial charge on any atom is -0.282 e. The van der Waals surface area contributed by atoms with E-state index in [4.69, 9.17) is 0 Å². The fraction of sp³-hybridized carbons (Fsp3) is 0.429. The zero-order valence-electron chi connectivity index (χ0n) is 7.01. The molecule has 0 fully saturated rings. The average Bonchev–Trinajstić information content (AvgIpc) is 2.26. The van der Waals surface area contributed by atoms with Crippen LogP contribution in [0.25, 0.3) is 0 Å². The first-order valence-electron chi connectivity index (χ1n) is 3.44. The minimum atomic E-state index is -4.85. The molecule has 0 saturated heterocycles. The first-order chi connectivity index (χ1) is 5.82.